The highest BCUT2D eigenvalue weighted by Gasteiger charge is 2.23. The number of nitrogens with zero attached hydrogens (tertiary/aromatic N) is 2. The van der Waals surface area contributed by atoms with Gasteiger partial charge >= 0.3 is 0 Å². The maximum Gasteiger partial charge on any atom is 0.291 e. The van der Waals surface area contributed by atoms with E-state index in [9.17, 15) is 14.7 Å². The summed E-state index contributed by atoms with van der Waals surface area (Å²) in [5, 5.41) is 16.2. The highest BCUT2D eigenvalue weighted by molar-refractivity contribution is 6.05. The van der Waals surface area contributed by atoms with Crippen LogP contribution in [0.2, 0.25) is 0 Å². The highest BCUT2D eigenvalue weighted by atomic mass is 16.3. The molecule has 0 radical (unpaired) electrons. The summed E-state index contributed by atoms with van der Waals surface area (Å²) in [5.74, 6) is 0.122. The summed E-state index contributed by atoms with van der Waals surface area (Å²) >= 11 is 0. The Hall–Kier alpha value is -4.56. The average molecular weight is 539 g/mol. The molecule has 2 amide bonds. The summed E-state index contributed by atoms with van der Waals surface area (Å²) in [6, 6.07) is 26.2. The van der Waals surface area contributed by atoms with Crippen molar-refractivity contribution in [3.05, 3.63) is 113 Å². The van der Waals surface area contributed by atoms with E-state index in [0.29, 0.717) is 17.0 Å². The minimum absolute atomic E-state index is 0.0683. The predicted molar refractivity (Wildman–Crippen MR) is 157 cm³/mol. The van der Waals surface area contributed by atoms with Gasteiger partial charge in [-0.3, -0.25) is 9.59 Å². The number of hydrogen-bond donors (Lipinski definition) is 3. The van der Waals surface area contributed by atoms with Gasteiger partial charge in [0, 0.05) is 44.0 Å². The third kappa shape index (κ3) is 6.18. The zero-order chi connectivity index (χ0) is 28.1. The number of benzene rings is 3. The van der Waals surface area contributed by atoms with Gasteiger partial charge in [-0.05, 0) is 61.4 Å². The summed E-state index contributed by atoms with van der Waals surface area (Å²) in [6.07, 6.45) is -0.824. The van der Waals surface area contributed by atoms with Crippen LogP contribution in [0.1, 0.15) is 43.9 Å². The molecule has 0 unspecified atom stereocenters. The lowest BCUT2D eigenvalue weighted by Crippen LogP contribution is -2.47. The van der Waals surface area contributed by atoms with Crippen molar-refractivity contribution in [2.75, 3.05) is 47.8 Å². The molecule has 3 N–H and O–H groups in total. The largest absolute Gasteiger partial charge is 0.456 e. The first-order valence-electron chi connectivity index (χ1n) is 13.5. The molecule has 1 atom stereocenters. The number of hydrogen-bond acceptors (Lipinski definition) is 6. The number of para-hydroxylation sites is 1. The maximum absolute atomic E-state index is 13.0. The smallest absolute Gasteiger partial charge is 0.291 e. The summed E-state index contributed by atoms with van der Waals surface area (Å²) in [4.78, 5) is 30.7. The van der Waals surface area contributed by atoms with E-state index in [1.807, 2.05) is 42.5 Å². The van der Waals surface area contributed by atoms with Crippen LogP contribution < -0.4 is 20.4 Å². The summed E-state index contributed by atoms with van der Waals surface area (Å²) in [6.45, 7) is 7.14. The SMILES string of the molecule is Cc1ccc(C(=O)Nc2cc(C(=O)NC[C@@H](O)c3ccccc3)ccc2N2CCN(c3ccccc3C)CC2)o1. The molecule has 1 saturated heterocycles. The van der Waals surface area contributed by atoms with Crippen LogP contribution in [0, 0.1) is 13.8 Å². The second-order valence-electron chi connectivity index (χ2n) is 9.99. The molecule has 8 nitrogen and oxygen atoms in total. The van der Waals surface area contributed by atoms with Crippen molar-refractivity contribution < 1.29 is 19.1 Å². The lowest BCUT2D eigenvalue weighted by Gasteiger charge is -2.38. The van der Waals surface area contributed by atoms with Gasteiger partial charge < -0.3 is 30.0 Å². The third-order valence-electron chi connectivity index (χ3n) is 7.19. The Morgan fingerprint density at radius 2 is 1.50 bits per heavy atom. The van der Waals surface area contributed by atoms with E-state index in [1.165, 1.54) is 11.3 Å². The number of furan rings is 1. The minimum atomic E-state index is -0.824. The van der Waals surface area contributed by atoms with E-state index >= 15 is 0 Å². The molecule has 0 bridgehead atoms. The topological polar surface area (TPSA) is 98.0 Å². The van der Waals surface area contributed by atoms with Crippen molar-refractivity contribution in [2.24, 2.45) is 0 Å². The molecule has 1 aromatic heterocycles. The van der Waals surface area contributed by atoms with Crippen molar-refractivity contribution >= 4 is 28.9 Å². The van der Waals surface area contributed by atoms with Gasteiger partial charge in [0.15, 0.2) is 5.76 Å². The fraction of sp³-hybridized carbons (Fsp3) is 0.250. The van der Waals surface area contributed by atoms with E-state index in [4.69, 9.17) is 4.42 Å². The fourth-order valence-electron chi connectivity index (χ4n) is 4.98. The second-order valence-corrected chi connectivity index (χ2v) is 9.99. The fourth-order valence-corrected chi connectivity index (χ4v) is 4.98. The lowest BCUT2D eigenvalue weighted by atomic mass is 10.1. The van der Waals surface area contributed by atoms with Crippen molar-refractivity contribution in [1.29, 1.82) is 0 Å². The van der Waals surface area contributed by atoms with E-state index in [2.05, 4.69) is 45.6 Å². The molecular formula is C32H34N4O4. The van der Waals surface area contributed by atoms with E-state index in [1.54, 1.807) is 31.2 Å². The molecule has 3 aromatic carbocycles. The van der Waals surface area contributed by atoms with Crippen LogP contribution in [0.3, 0.4) is 0 Å². The van der Waals surface area contributed by atoms with Crippen LogP contribution in [-0.2, 0) is 0 Å². The molecule has 206 valence electrons. The first-order chi connectivity index (χ1) is 19.4. The number of carbonyl (C=O) groups is 2. The Balaban J connectivity index is 1.34. The minimum Gasteiger partial charge on any atom is -0.456 e. The van der Waals surface area contributed by atoms with E-state index in [0.717, 1.165) is 37.4 Å². The van der Waals surface area contributed by atoms with Crippen molar-refractivity contribution in [3.8, 4) is 0 Å². The first kappa shape index (κ1) is 27.0. The molecule has 0 aliphatic carbocycles. The molecule has 2 heterocycles. The Labute approximate surface area is 234 Å². The molecule has 0 spiro atoms. The van der Waals surface area contributed by atoms with Crippen molar-refractivity contribution in [2.45, 2.75) is 20.0 Å². The van der Waals surface area contributed by atoms with Gasteiger partial charge in [-0.1, -0.05) is 48.5 Å². The lowest BCUT2D eigenvalue weighted by molar-refractivity contribution is 0.0915. The molecule has 0 saturated carbocycles. The number of aliphatic hydroxyl groups is 1. The molecule has 1 aliphatic rings. The van der Waals surface area contributed by atoms with Crippen molar-refractivity contribution in [3.63, 3.8) is 0 Å². The maximum atomic E-state index is 13.0. The predicted octanol–water partition coefficient (Wildman–Crippen LogP) is 4.94. The Bertz CT molecular complexity index is 1480. The van der Waals surface area contributed by atoms with Gasteiger partial charge in [-0.25, -0.2) is 0 Å². The molecule has 4 aromatic rings. The Morgan fingerprint density at radius 1 is 0.825 bits per heavy atom. The molecule has 40 heavy (non-hydrogen) atoms. The summed E-state index contributed by atoms with van der Waals surface area (Å²) in [7, 11) is 0. The number of aliphatic hydroxyl groups excluding tert-OH is 1. The zero-order valence-corrected chi connectivity index (χ0v) is 22.8. The molecule has 1 aliphatic heterocycles. The van der Waals surface area contributed by atoms with Gasteiger partial charge in [-0.15, -0.1) is 0 Å². The number of amides is 2. The van der Waals surface area contributed by atoms with E-state index < -0.39 is 6.10 Å². The van der Waals surface area contributed by atoms with Gasteiger partial charge in [0.25, 0.3) is 11.8 Å². The average Bonchev–Trinajstić information content (AvgIpc) is 3.43. The van der Waals surface area contributed by atoms with Crippen LogP contribution in [0.25, 0.3) is 0 Å². The van der Waals surface area contributed by atoms with Gasteiger partial charge in [0.05, 0.1) is 17.5 Å². The quantitative estimate of drug-likeness (QED) is 0.294. The number of anilines is 3. The van der Waals surface area contributed by atoms with Crippen LogP contribution in [0.15, 0.2) is 89.3 Å². The van der Waals surface area contributed by atoms with E-state index in [-0.39, 0.29) is 24.1 Å². The summed E-state index contributed by atoms with van der Waals surface area (Å²) in [5.41, 5.74) is 4.94. The van der Waals surface area contributed by atoms with Gasteiger partial charge in [-0.2, -0.15) is 0 Å². The molecule has 8 heteroatoms. The Morgan fingerprint density at radius 3 is 2.17 bits per heavy atom. The zero-order valence-electron chi connectivity index (χ0n) is 22.8. The number of rotatable bonds is 8. The van der Waals surface area contributed by atoms with Gasteiger partial charge in [0.1, 0.15) is 5.76 Å². The van der Waals surface area contributed by atoms with Crippen LogP contribution in [0.4, 0.5) is 17.1 Å². The van der Waals surface area contributed by atoms with Gasteiger partial charge in [0.2, 0.25) is 0 Å². The van der Waals surface area contributed by atoms with Crippen LogP contribution in [-0.4, -0.2) is 49.6 Å². The number of carbonyl (C=O) groups excluding carboxylic acids is 2. The number of nitrogens with one attached hydrogen (secondary N) is 2. The molecule has 5 rings (SSSR count). The van der Waals surface area contributed by atoms with Crippen LogP contribution in [0.5, 0.6) is 0 Å². The third-order valence-corrected chi connectivity index (χ3v) is 7.19. The molecular weight excluding hydrogens is 504 g/mol. The first-order valence-corrected chi connectivity index (χ1v) is 13.5. The standard InChI is InChI=1S/C32H34N4O4/c1-22-8-6-7-11-27(22)35-16-18-36(19-17-35)28-14-13-25(20-26(28)34-32(39)30-15-12-23(2)40-30)31(38)33-21-29(37)24-9-4-3-5-10-24/h3-15,20,29,37H,16-19,21H2,1-2H3,(H,33,38)(H,34,39)/t29-/m1/s1. The highest BCUT2D eigenvalue weighted by Crippen LogP contribution is 2.30. The molecule has 1 fully saturated rings. The summed E-state index contributed by atoms with van der Waals surface area (Å²) < 4.78 is 5.52. The second kappa shape index (κ2) is 12.1. The van der Waals surface area contributed by atoms with Crippen LogP contribution >= 0.6 is 0 Å². The number of aryl methyl sites for hydroxylation is 2. The Kier molecular flexibility index (Phi) is 8.17. The van der Waals surface area contributed by atoms with Crippen molar-refractivity contribution in [1.82, 2.24) is 5.32 Å². The normalized spacial score (nSPS) is 14.1. The monoisotopic (exact) mass is 538 g/mol. The number of piperazine rings is 1.